The van der Waals surface area contributed by atoms with Crippen LogP contribution < -0.4 is 0 Å². The second kappa shape index (κ2) is 4.68. The van der Waals surface area contributed by atoms with Gasteiger partial charge in [-0.25, -0.2) is 4.98 Å². The molecule has 3 heterocycles. The van der Waals surface area contributed by atoms with Crippen LogP contribution in [-0.2, 0) is 6.61 Å². The van der Waals surface area contributed by atoms with Gasteiger partial charge >= 0.3 is 0 Å². The molecule has 3 rings (SSSR count). The number of imidazole rings is 1. The van der Waals surface area contributed by atoms with Gasteiger partial charge in [-0.15, -0.1) is 10.2 Å². The summed E-state index contributed by atoms with van der Waals surface area (Å²) in [4.78, 5) is 4.49. The Kier molecular flexibility index (Phi) is 3.02. The topological polar surface area (TPSA) is 63.3 Å². The molecule has 5 nitrogen and oxygen atoms in total. The van der Waals surface area contributed by atoms with E-state index in [0.29, 0.717) is 0 Å². The van der Waals surface area contributed by atoms with E-state index in [2.05, 4.69) is 15.2 Å². The molecule has 0 unspecified atom stereocenters. The second-order valence-corrected chi connectivity index (χ2v) is 6.06. The summed E-state index contributed by atoms with van der Waals surface area (Å²) in [5.41, 5.74) is 1.61. The van der Waals surface area contributed by atoms with Crippen LogP contribution in [0.3, 0.4) is 0 Å². The van der Waals surface area contributed by atoms with Gasteiger partial charge in [0.15, 0.2) is 4.34 Å². The van der Waals surface area contributed by atoms with Crippen molar-refractivity contribution in [3.8, 4) is 0 Å². The predicted molar refractivity (Wildman–Crippen MR) is 69.9 cm³/mol. The van der Waals surface area contributed by atoms with Crippen molar-refractivity contribution in [2.75, 3.05) is 0 Å². The maximum atomic E-state index is 9.48. The van der Waals surface area contributed by atoms with E-state index >= 15 is 0 Å². The maximum absolute atomic E-state index is 9.48. The summed E-state index contributed by atoms with van der Waals surface area (Å²) >= 11 is 2.96. The summed E-state index contributed by atoms with van der Waals surface area (Å²) < 4.78 is 2.72. The number of hydrogen-bond acceptors (Lipinski definition) is 6. The Morgan fingerprint density at radius 1 is 1.39 bits per heavy atom. The van der Waals surface area contributed by atoms with Gasteiger partial charge < -0.3 is 9.51 Å². The monoisotopic (exact) mass is 278 g/mol. The van der Waals surface area contributed by atoms with Crippen LogP contribution in [0.4, 0.5) is 0 Å². The standard InChI is InChI=1S/C11H10N4OS2/c1-7-13-14-11(17-7)18-10-8(6-16)15-5-3-2-4-9(15)12-10/h2-5,16H,6H2,1H3. The SMILES string of the molecule is Cc1nnc(Sc2nc3ccccn3c2CO)s1. The highest BCUT2D eigenvalue weighted by atomic mass is 32.2. The van der Waals surface area contributed by atoms with Gasteiger partial charge in [0.05, 0.1) is 12.3 Å². The molecule has 0 amide bonds. The van der Waals surface area contributed by atoms with Crippen molar-refractivity contribution in [3.63, 3.8) is 0 Å². The molecule has 3 aromatic rings. The minimum absolute atomic E-state index is 0.0503. The third-order valence-electron chi connectivity index (χ3n) is 2.43. The molecule has 92 valence electrons. The van der Waals surface area contributed by atoms with E-state index in [1.54, 1.807) is 0 Å². The van der Waals surface area contributed by atoms with Gasteiger partial charge in [0.2, 0.25) is 0 Å². The lowest BCUT2D eigenvalue weighted by Crippen LogP contribution is -1.92. The van der Waals surface area contributed by atoms with E-state index in [4.69, 9.17) is 0 Å². The molecule has 0 saturated carbocycles. The van der Waals surface area contributed by atoms with Crippen LogP contribution in [0, 0.1) is 6.92 Å². The number of aliphatic hydroxyl groups is 1. The van der Waals surface area contributed by atoms with E-state index in [9.17, 15) is 5.11 Å². The highest BCUT2D eigenvalue weighted by molar-refractivity contribution is 8.01. The predicted octanol–water partition coefficient (Wildman–Crippen LogP) is 2.14. The number of aliphatic hydroxyl groups excluding tert-OH is 1. The average molecular weight is 278 g/mol. The molecule has 0 bridgehead atoms. The quantitative estimate of drug-likeness (QED) is 0.795. The zero-order chi connectivity index (χ0) is 12.5. The molecule has 18 heavy (non-hydrogen) atoms. The lowest BCUT2D eigenvalue weighted by Gasteiger charge is -1.98. The van der Waals surface area contributed by atoms with Crippen molar-refractivity contribution in [2.45, 2.75) is 22.9 Å². The Labute approximate surface area is 112 Å². The summed E-state index contributed by atoms with van der Waals surface area (Å²) in [6.45, 7) is 1.86. The van der Waals surface area contributed by atoms with Gasteiger partial charge in [-0.05, 0) is 30.8 Å². The van der Waals surface area contributed by atoms with Crippen molar-refractivity contribution in [2.24, 2.45) is 0 Å². The average Bonchev–Trinajstić information content (AvgIpc) is 2.92. The number of hydrogen-bond donors (Lipinski definition) is 1. The Balaban J connectivity index is 2.05. The third-order valence-corrected chi connectivity index (χ3v) is 4.34. The van der Waals surface area contributed by atoms with Gasteiger partial charge in [-0.2, -0.15) is 0 Å². The highest BCUT2D eigenvalue weighted by Gasteiger charge is 2.14. The van der Waals surface area contributed by atoms with E-state index in [0.717, 1.165) is 25.7 Å². The Bertz CT molecular complexity index is 691. The normalized spacial score (nSPS) is 11.2. The lowest BCUT2D eigenvalue weighted by molar-refractivity contribution is 0.272. The molecule has 0 spiro atoms. The minimum Gasteiger partial charge on any atom is -0.390 e. The molecule has 0 aliphatic heterocycles. The summed E-state index contributed by atoms with van der Waals surface area (Å²) in [6, 6.07) is 5.75. The van der Waals surface area contributed by atoms with Gasteiger partial charge in [0.1, 0.15) is 15.7 Å². The van der Waals surface area contributed by atoms with Crippen LogP contribution in [-0.4, -0.2) is 24.7 Å². The molecular formula is C11H10N4OS2. The first-order chi connectivity index (χ1) is 8.78. The van der Waals surface area contributed by atoms with Gasteiger partial charge in [-0.3, -0.25) is 0 Å². The van der Waals surface area contributed by atoms with Crippen LogP contribution in [0.1, 0.15) is 10.7 Å². The third kappa shape index (κ3) is 2.00. The fourth-order valence-corrected chi connectivity index (χ4v) is 3.50. The Morgan fingerprint density at radius 3 is 3.00 bits per heavy atom. The number of fused-ring (bicyclic) bond motifs is 1. The first kappa shape index (κ1) is 11.6. The largest absolute Gasteiger partial charge is 0.390 e. The lowest BCUT2D eigenvalue weighted by atomic mass is 10.4. The summed E-state index contributed by atoms with van der Waals surface area (Å²) in [5, 5.41) is 19.2. The molecule has 0 saturated heterocycles. The van der Waals surface area contributed by atoms with Crippen LogP contribution in [0.5, 0.6) is 0 Å². The first-order valence-electron chi connectivity index (χ1n) is 5.32. The van der Waals surface area contributed by atoms with Gasteiger partial charge in [0.25, 0.3) is 0 Å². The molecule has 0 atom stereocenters. The zero-order valence-electron chi connectivity index (χ0n) is 9.57. The van der Waals surface area contributed by atoms with E-state index in [-0.39, 0.29) is 6.61 Å². The molecule has 0 radical (unpaired) electrons. The van der Waals surface area contributed by atoms with Gasteiger partial charge in [0, 0.05) is 6.20 Å². The second-order valence-electron chi connectivity index (χ2n) is 3.64. The molecule has 3 aromatic heterocycles. The molecule has 0 aromatic carbocycles. The number of nitrogens with zero attached hydrogens (tertiary/aromatic N) is 4. The van der Waals surface area contributed by atoms with Crippen LogP contribution >= 0.6 is 23.1 Å². The van der Waals surface area contributed by atoms with Crippen molar-refractivity contribution in [1.29, 1.82) is 0 Å². The molecule has 7 heteroatoms. The fourth-order valence-electron chi connectivity index (χ4n) is 1.65. The molecule has 0 aliphatic rings. The fraction of sp³-hybridized carbons (Fsp3) is 0.182. The minimum atomic E-state index is -0.0503. The molecule has 1 N–H and O–H groups in total. The van der Waals surface area contributed by atoms with Crippen molar-refractivity contribution in [1.82, 2.24) is 19.6 Å². The molecule has 0 fully saturated rings. The number of aromatic nitrogens is 4. The van der Waals surface area contributed by atoms with E-state index in [1.807, 2.05) is 35.7 Å². The van der Waals surface area contributed by atoms with E-state index in [1.165, 1.54) is 23.1 Å². The van der Waals surface area contributed by atoms with Crippen LogP contribution in [0.25, 0.3) is 5.65 Å². The number of rotatable bonds is 3. The van der Waals surface area contributed by atoms with Crippen LogP contribution in [0.2, 0.25) is 0 Å². The Morgan fingerprint density at radius 2 is 2.28 bits per heavy atom. The van der Waals surface area contributed by atoms with Gasteiger partial charge in [-0.1, -0.05) is 17.4 Å². The number of pyridine rings is 1. The van der Waals surface area contributed by atoms with Crippen molar-refractivity contribution >= 4 is 28.7 Å². The van der Waals surface area contributed by atoms with Crippen molar-refractivity contribution < 1.29 is 5.11 Å². The summed E-state index contributed by atoms with van der Waals surface area (Å²) in [7, 11) is 0. The first-order valence-corrected chi connectivity index (χ1v) is 6.96. The highest BCUT2D eigenvalue weighted by Crippen LogP contribution is 2.32. The summed E-state index contributed by atoms with van der Waals surface area (Å²) in [5.74, 6) is 0. The van der Waals surface area contributed by atoms with E-state index < -0.39 is 0 Å². The molecule has 0 aliphatic carbocycles. The number of aryl methyl sites for hydroxylation is 1. The molecular weight excluding hydrogens is 268 g/mol. The smallest absolute Gasteiger partial charge is 0.180 e. The summed E-state index contributed by atoms with van der Waals surface area (Å²) in [6.07, 6.45) is 1.89. The van der Waals surface area contributed by atoms with Crippen molar-refractivity contribution in [3.05, 3.63) is 35.1 Å². The zero-order valence-corrected chi connectivity index (χ0v) is 11.2. The Hall–Kier alpha value is -1.44. The maximum Gasteiger partial charge on any atom is 0.180 e. The van der Waals surface area contributed by atoms with Crippen LogP contribution in [0.15, 0.2) is 33.8 Å².